The van der Waals surface area contributed by atoms with Crippen molar-refractivity contribution in [2.45, 2.75) is 24.8 Å². The molecule has 1 aliphatic rings. The van der Waals surface area contributed by atoms with E-state index in [1.54, 1.807) is 6.92 Å². The van der Waals surface area contributed by atoms with Crippen molar-refractivity contribution in [3.05, 3.63) is 46.5 Å². The van der Waals surface area contributed by atoms with Gasteiger partial charge in [0.05, 0.1) is 16.7 Å². The highest BCUT2D eigenvalue weighted by Crippen LogP contribution is 2.34. The Morgan fingerprint density at radius 2 is 2.12 bits per heavy atom. The highest BCUT2D eigenvalue weighted by Gasteiger charge is 2.26. The number of rotatable bonds is 2. The maximum absolute atomic E-state index is 12.1. The van der Waals surface area contributed by atoms with Crippen LogP contribution in [0.1, 0.15) is 17.1 Å². The summed E-state index contributed by atoms with van der Waals surface area (Å²) in [4.78, 5) is 14.0. The number of benzene rings is 1. The average Bonchev–Trinajstić information content (AvgIpc) is 2.93. The summed E-state index contributed by atoms with van der Waals surface area (Å²) in [5.41, 5.74) is 3.21. The number of nitrogens with zero attached hydrogens (tertiary/aromatic N) is 3. The molecule has 4 rings (SSSR count). The van der Waals surface area contributed by atoms with E-state index in [-0.39, 0.29) is 4.90 Å². The normalized spacial score (nSPS) is 14.8. The second-order valence-electron chi connectivity index (χ2n) is 6.29. The van der Waals surface area contributed by atoms with Crippen molar-refractivity contribution in [3.8, 4) is 0 Å². The third-order valence-corrected chi connectivity index (χ3v) is 5.92. The van der Waals surface area contributed by atoms with Gasteiger partial charge in [0.25, 0.3) is 0 Å². The van der Waals surface area contributed by atoms with Gasteiger partial charge in [-0.25, -0.2) is 18.4 Å². The number of nitrogens with one attached hydrogen (secondary N) is 1. The van der Waals surface area contributed by atoms with Crippen LogP contribution in [-0.2, 0) is 22.8 Å². The van der Waals surface area contributed by atoms with Crippen molar-refractivity contribution >= 4 is 38.2 Å². The molecule has 1 aliphatic heterocycles. The molecule has 8 heteroatoms. The Hall–Kier alpha value is -2.12. The van der Waals surface area contributed by atoms with Crippen LogP contribution in [0.4, 0.5) is 5.82 Å². The fourth-order valence-corrected chi connectivity index (χ4v) is 4.29. The smallest absolute Gasteiger partial charge is 0.180 e. The van der Waals surface area contributed by atoms with Gasteiger partial charge >= 0.3 is 0 Å². The van der Waals surface area contributed by atoms with Crippen molar-refractivity contribution in [2.24, 2.45) is 0 Å². The predicted molar refractivity (Wildman–Crippen MR) is 97.9 cm³/mol. The standard InChI is InChI=1S/C17H17ClN4O2S/c1-10-19-8-15(25(2,23)24)17(20-10)22-7-6-14-12(9-22)11-4-3-5-13(18)16(11)21-14/h3-5,8,21H,6-7,9H2,1-2H3. The Morgan fingerprint density at radius 1 is 1.32 bits per heavy atom. The van der Waals surface area contributed by atoms with Crippen LogP contribution in [-0.4, -0.2) is 36.2 Å². The topological polar surface area (TPSA) is 79.0 Å². The van der Waals surface area contributed by atoms with Gasteiger partial charge < -0.3 is 9.88 Å². The molecule has 0 bridgehead atoms. The molecule has 1 N–H and O–H groups in total. The number of aromatic amines is 1. The fraction of sp³-hybridized carbons (Fsp3) is 0.294. The zero-order valence-electron chi connectivity index (χ0n) is 13.9. The van der Waals surface area contributed by atoms with Crippen LogP contribution in [0.5, 0.6) is 0 Å². The molecular weight excluding hydrogens is 360 g/mol. The van der Waals surface area contributed by atoms with Gasteiger partial charge in [-0.15, -0.1) is 0 Å². The number of sulfone groups is 1. The first-order chi connectivity index (χ1) is 11.8. The maximum atomic E-state index is 12.1. The van der Waals surface area contributed by atoms with Crippen molar-refractivity contribution in [3.63, 3.8) is 0 Å². The largest absolute Gasteiger partial charge is 0.357 e. The van der Waals surface area contributed by atoms with E-state index in [0.29, 0.717) is 29.8 Å². The lowest BCUT2D eigenvalue weighted by Gasteiger charge is -2.29. The van der Waals surface area contributed by atoms with Crippen LogP contribution in [0.15, 0.2) is 29.3 Å². The summed E-state index contributed by atoms with van der Waals surface area (Å²) in [7, 11) is -3.41. The molecule has 3 aromatic rings. The van der Waals surface area contributed by atoms with Crippen molar-refractivity contribution in [1.29, 1.82) is 0 Å². The van der Waals surface area contributed by atoms with Crippen molar-refractivity contribution in [2.75, 3.05) is 17.7 Å². The molecule has 0 spiro atoms. The first-order valence-electron chi connectivity index (χ1n) is 7.91. The van der Waals surface area contributed by atoms with Crippen LogP contribution in [0.2, 0.25) is 5.02 Å². The van der Waals surface area contributed by atoms with Gasteiger partial charge in [0.1, 0.15) is 10.7 Å². The van der Waals surface area contributed by atoms with Gasteiger partial charge in [0.15, 0.2) is 15.7 Å². The van der Waals surface area contributed by atoms with E-state index in [0.717, 1.165) is 28.6 Å². The zero-order chi connectivity index (χ0) is 17.8. The molecule has 0 fully saturated rings. The minimum Gasteiger partial charge on any atom is -0.357 e. The number of aromatic nitrogens is 3. The molecule has 0 radical (unpaired) electrons. The van der Waals surface area contributed by atoms with Crippen LogP contribution in [0.3, 0.4) is 0 Å². The minimum absolute atomic E-state index is 0.166. The summed E-state index contributed by atoms with van der Waals surface area (Å²) >= 11 is 6.29. The van der Waals surface area contributed by atoms with Gasteiger partial charge in [0, 0.05) is 42.4 Å². The predicted octanol–water partition coefficient (Wildman–Crippen LogP) is 2.89. The first kappa shape index (κ1) is 16.4. The van der Waals surface area contributed by atoms with Crippen LogP contribution < -0.4 is 4.90 Å². The van der Waals surface area contributed by atoms with E-state index in [2.05, 4.69) is 15.0 Å². The van der Waals surface area contributed by atoms with E-state index >= 15 is 0 Å². The van der Waals surface area contributed by atoms with Crippen LogP contribution >= 0.6 is 11.6 Å². The number of halogens is 1. The molecule has 3 heterocycles. The van der Waals surface area contributed by atoms with Gasteiger partial charge in [0.2, 0.25) is 0 Å². The van der Waals surface area contributed by atoms with Gasteiger partial charge in [-0.1, -0.05) is 23.7 Å². The summed E-state index contributed by atoms with van der Waals surface area (Å²) in [6, 6.07) is 5.82. The minimum atomic E-state index is -3.41. The second kappa shape index (κ2) is 5.71. The third kappa shape index (κ3) is 2.77. The number of hydrogen-bond donors (Lipinski definition) is 1. The fourth-order valence-electron chi connectivity index (χ4n) is 3.32. The number of fused-ring (bicyclic) bond motifs is 3. The number of hydrogen-bond acceptors (Lipinski definition) is 5. The van der Waals surface area contributed by atoms with Gasteiger partial charge in [-0.05, 0) is 13.0 Å². The van der Waals surface area contributed by atoms with Crippen molar-refractivity contribution < 1.29 is 8.42 Å². The molecule has 2 aromatic heterocycles. The van der Waals surface area contributed by atoms with E-state index in [9.17, 15) is 8.42 Å². The molecule has 0 amide bonds. The molecule has 0 unspecified atom stereocenters. The molecule has 0 atom stereocenters. The van der Waals surface area contributed by atoms with Crippen LogP contribution in [0, 0.1) is 6.92 Å². The summed E-state index contributed by atoms with van der Waals surface area (Å²) < 4.78 is 24.3. The first-order valence-corrected chi connectivity index (χ1v) is 10.2. The molecule has 25 heavy (non-hydrogen) atoms. The van der Waals surface area contributed by atoms with E-state index in [4.69, 9.17) is 11.6 Å². The molecule has 0 aliphatic carbocycles. The lowest BCUT2D eigenvalue weighted by molar-refractivity contribution is 0.599. The Kier molecular flexibility index (Phi) is 3.73. The SMILES string of the molecule is Cc1ncc(S(C)(=O)=O)c(N2CCc3[nH]c4c(Cl)cccc4c3C2)n1. The molecule has 0 saturated heterocycles. The maximum Gasteiger partial charge on any atom is 0.180 e. The molecular formula is C17H17ClN4O2S. The molecule has 1 aromatic carbocycles. The third-order valence-electron chi connectivity index (χ3n) is 4.52. The van der Waals surface area contributed by atoms with Gasteiger partial charge in [-0.2, -0.15) is 0 Å². The van der Waals surface area contributed by atoms with Crippen molar-refractivity contribution in [1.82, 2.24) is 15.0 Å². The Labute approximate surface area is 150 Å². The summed E-state index contributed by atoms with van der Waals surface area (Å²) in [5, 5.41) is 1.76. The average molecular weight is 377 g/mol. The summed E-state index contributed by atoms with van der Waals surface area (Å²) in [6.45, 7) is 3.02. The summed E-state index contributed by atoms with van der Waals surface area (Å²) in [6.07, 6.45) is 3.35. The van der Waals surface area contributed by atoms with Crippen LogP contribution in [0.25, 0.3) is 10.9 Å². The Balaban J connectivity index is 1.83. The zero-order valence-corrected chi connectivity index (χ0v) is 15.4. The lowest BCUT2D eigenvalue weighted by Crippen LogP contribution is -2.32. The summed E-state index contributed by atoms with van der Waals surface area (Å²) in [5.74, 6) is 1.02. The monoisotopic (exact) mass is 376 g/mol. The number of para-hydroxylation sites is 1. The number of aryl methyl sites for hydroxylation is 1. The highest BCUT2D eigenvalue weighted by atomic mass is 35.5. The highest BCUT2D eigenvalue weighted by molar-refractivity contribution is 7.90. The number of H-pyrrole nitrogens is 1. The van der Waals surface area contributed by atoms with E-state index in [1.165, 1.54) is 12.5 Å². The Morgan fingerprint density at radius 3 is 2.88 bits per heavy atom. The molecule has 6 nitrogen and oxygen atoms in total. The quantitative estimate of drug-likeness (QED) is 0.744. The Bertz CT molecular complexity index is 1090. The van der Waals surface area contributed by atoms with E-state index in [1.807, 2.05) is 23.1 Å². The number of anilines is 1. The molecule has 130 valence electrons. The van der Waals surface area contributed by atoms with Gasteiger partial charge in [-0.3, -0.25) is 0 Å². The van der Waals surface area contributed by atoms with E-state index < -0.39 is 9.84 Å². The lowest BCUT2D eigenvalue weighted by atomic mass is 10.0. The second-order valence-corrected chi connectivity index (χ2v) is 8.68. The molecule has 0 saturated carbocycles.